The van der Waals surface area contributed by atoms with Gasteiger partial charge < -0.3 is 4.74 Å². The molecule has 6 heteroatoms. The maximum absolute atomic E-state index is 12.9. The summed E-state index contributed by atoms with van der Waals surface area (Å²) in [6.07, 6.45) is 2.10. The van der Waals surface area contributed by atoms with Crippen LogP contribution in [-0.2, 0) is 4.74 Å². The van der Waals surface area contributed by atoms with Gasteiger partial charge in [-0.1, -0.05) is 0 Å². The molecule has 0 bridgehead atoms. The third-order valence-corrected chi connectivity index (χ3v) is 3.49. The molecule has 0 saturated heterocycles. The molecule has 3 rings (SSSR count). The minimum atomic E-state index is -0.986. The van der Waals surface area contributed by atoms with E-state index < -0.39 is 23.7 Å². The van der Waals surface area contributed by atoms with Gasteiger partial charge in [0.05, 0.1) is 16.6 Å². The van der Waals surface area contributed by atoms with Gasteiger partial charge in [0, 0.05) is 18.0 Å². The molecule has 0 aliphatic carbocycles. The number of aromatic nitrogens is 2. The molecule has 0 radical (unpaired) electrons. The average molecular weight is 324 g/mol. The summed E-state index contributed by atoms with van der Waals surface area (Å²) < 4.78 is 18.1. The van der Waals surface area contributed by atoms with Gasteiger partial charge in [-0.3, -0.25) is 14.8 Å². The van der Waals surface area contributed by atoms with Crippen molar-refractivity contribution in [3.05, 3.63) is 71.8 Å². The minimum absolute atomic E-state index is 0.279. The Morgan fingerprint density at radius 2 is 1.58 bits per heavy atom. The molecule has 0 aliphatic heterocycles. The Balaban J connectivity index is 1.75. The summed E-state index contributed by atoms with van der Waals surface area (Å²) in [7, 11) is 0. The third-order valence-electron chi connectivity index (χ3n) is 3.49. The van der Waals surface area contributed by atoms with Crippen molar-refractivity contribution in [3.8, 4) is 0 Å². The minimum Gasteiger partial charge on any atom is -0.451 e. The number of ether oxygens (including phenoxy) is 1. The van der Waals surface area contributed by atoms with E-state index in [9.17, 15) is 14.0 Å². The standard InChI is InChI=1S/C18H13FN2O3/c1-11(17(22)12-2-5-14(19)6-3-12)24-18(23)13-4-7-15-16(10-13)21-9-8-20-15/h2-11H,1H3. The maximum Gasteiger partial charge on any atom is 0.338 e. The van der Waals surface area contributed by atoms with E-state index >= 15 is 0 Å². The maximum atomic E-state index is 12.9. The first kappa shape index (κ1) is 15.7. The molecular formula is C18H13FN2O3. The van der Waals surface area contributed by atoms with Crippen molar-refractivity contribution in [2.24, 2.45) is 0 Å². The van der Waals surface area contributed by atoms with E-state index in [0.717, 1.165) is 0 Å². The first-order valence-corrected chi connectivity index (χ1v) is 7.26. The predicted molar refractivity (Wildman–Crippen MR) is 85.1 cm³/mol. The summed E-state index contributed by atoms with van der Waals surface area (Å²) in [5, 5.41) is 0. The molecule has 1 heterocycles. The molecule has 0 N–H and O–H groups in total. The number of halogens is 1. The fourth-order valence-corrected chi connectivity index (χ4v) is 2.22. The number of esters is 1. The van der Waals surface area contributed by atoms with Crippen LogP contribution < -0.4 is 0 Å². The van der Waals surface area contributed by atoms with Crippen LogP contribution in [0.4, 0.5) is 4.39 Å². The molecule has 0 fully saturated rings. The van der Waals surface area contributed by atoms with Crippen molar-refractivity contribution in [1.82, 2.24) is 9.97 Å². The predicted octanol–water partition coefficient (Wildman–Crippen LogP) is 3.20. The fourth-order valence-electron chi connectivity index (χ4n) is 2.22. The van der Waals surface area contributed by atoms with Crippen LogP contribution in [0.2, 0.25) is 0 Å². The highest BCUT2D eigenvalue weighted by Gasteiger charge is 2.20. The third kappa shape index (κ3) is 3.27. The lowest BCUT2D eigenvalue weighted by molar-refractivity contribution is 0.0319. The summed E-state index contributed by atoms with van der Waals surface area (Å²) in [6, 6.07) is 9.86. The van der Waals surface area contributed by atoms with E-state index in [1.165, 1.54) is 37.4 Å². The SMILES string of the molecule is CC(OC(=O)c1ccc2nccnc2c1)C(=O)c1ccc(F)cc1. The largest absolute Gasteiger partial charge is 0.451 e. The zero-order chi connectivity index (χ0) is 17.1. The number of carbonyl (C=O) groups excluding carboxylic acids is 2. The molecule has 120 valence electrons. The number of hydrogen-bond donors (Lipinski definition) is 0. The van der Waals surface area contributed by atoms with Crippen LogP contribution in [0.1, 0.15) is 27.6 Å². The topological polar surface area (TPSA) is 69.2 Å². The summed E-state index contributed by atoms with van der Waals surface area (Å²) in [5.74, 6) is -1.47. The number of ketones is 1. The lowest BCUT2D eigenvalue weighted by Gasteiger charge is -2.12. The number of nitrogens with zero attached hydrogens (tertiary/aromatic N) is 2. The van der Waals surface area contributed by atoms with Gasteiger partial charge in [0.1, 0.15) is 5.82 Å². The lowest BCUT2D eigenvalue weighted by Crippen LogP contribution is -2.24. The Hall–Kier alpha value is -3.15. The van der Waals surface area contributed by atoms with Crippen molar-refractivity contribution < 1.29 is 18.7 Å². The van der Waals surface area contributed by atoms with E-state index in [0.29, 0.717) is 11.0 Å². The Kier molecular flexibility index (Phi) is 4.29. The van der Waals surface area contributed by atoms with Gasteiger partial charge in [-0.15, -0.1) is 0 Å². The van der Waals surface area contributed by atoms with Crippen LogP contribution in [0.3, 0.4) is 0 Å². The molecule has 3 aromatic rings. The highest BCUT2D eigenvalue weighted by Crippen LogP contribution is 2.14. The van der Waals surface area contributed by atoms with E-state index in [1.54, 1.807) is 24.4 Å². The van der Waals surface area contributed by atoms with Gasteiger partial charge >= 0.3 is 5.97 Å². The van der Waals surface area contributed by atoms with Crippen LogP contribution in [0.5, 0.6) is 0 Å². The van der Waals surface area contributed by atoms with Crippen LogP contribution >= 0.6 is 0 Å². The van der Waals surface area contributed by atoms with Crippen molar-refractivity contribution >= 4 is 22.8 Å². The molecule has 0 aliphatic rings. The summed E-state index contributed by atoms with van der Waals surface area (Å²) >= 11 is 0. The summed E-state index contributed by atoms with van der Waals surface area (Å²) in [4.78, 5) is 32.7. The van der Waals surface area contributed by atoms with Gasteiger partial charge in [-0.2, -0.15) is 0 Å². The van der Waals surface area contributed by atoms with Crippen molar-refractivity contribution in [2.75, 3.05) is 0 Å². The second-order valence-electron chi connectivity index (χ2n) is 5.18. The van der Waals surface area contributed by atoms with E-state index in [2.05, 4.69) is 9.97 Å². The van der Waals surface area contributed by atoms with E-state index in [4.69, 9.17) is 4.74 Å². The number of carbonyl (C=O) groups is 2. The van der Waals surface area contributed by atoms with Crippen molar-refractivity contribution in [1.29, 1.82) is 0 Å². The zero-order valence-electron chi connectivity index (χ0n) is 12.8. The molecule has 0 spiro atoms. The molecule has 0 saturated carbocycles. The van der Waals surface area contributed by atoms with Crippen molar-refractivity contribution in [2.45, 2.75) is 13.0 Å². The van der Waals surface area contributed by atoms with E-state index in [-0.39, 0.29) is 11.1 Å². The van der Waals surface area contributed by atoms with Gasteiger partial charge in [0.2, 0.25) is 5.78 Å². The second kappa shape index (κ2) is 6.54. The molecule has 24 heavy (non-hydrogen) atoms. The molecule has 1 atom stereocenters. The number of benzene rings is 2. The van der Waals surface area contributed by atoms with Crippen molar-refractivity contribution in [3.63, 3.8) is 0 Å². The molecular weight excluding hydrogens is 311 g/mol. The highest BCUT2D eigenvalue weighted by molar-refractivity contribution is 6.01. The first-order chi connectivity index (χ1) is 11.5. The lowest BCUT2D eigenvalue weighted by atomic mass is 10.1. The Morgan fingerprint density at radius 3 is 2.29 bits per heavy atom. The summed E-state index contributed by atoms with van der Waals surface area (Å²) in [5.41, 5.74) is 1.77. The first-order valence-electron chi connectivity index (χ1n) is 7.26. The van der Waals surface area contributed by atoms with Crippen LogP contribution in [0.25, 0.3) is 11.0 Å². The number of fused-ring (bicyclic) bond motifs is 1. The second-order valence-corrected chi connectivity index (χ2v) is 5.18. The quantitative estimate of drug-likeness (QED) is 0.544. The van der Waals surface area contributed by atoms with E-state index in [1.807, 2.05) is 0 Å². The van der Waals surface area contributed by atoms with Gasteiger partial charge in [-0.05, 0) is 49.4 Å². The van der Waals surface area contributed by atoms with Gasteiger partial charge in [0.15, 0.2) is 6.10 Å². The zero-order valence-corrected chi connectivity index (χ0v) is 12.8. The number of Topliss-reactive ketones (excluding diaryl/α,β-unsaturated/α-hetero) is 1. The monoisotopic (exact) mass is 324 g/mol. The number of hydrogen-bond acceptors (Lipinski definition) is 5. The Morgan fingerprint density at radius 1 is 0.958 bits per heavy atom. The molecule has 1 unspecified atom stereocenters. The van der Waals surface area contributed by atoms with Gasteiger partial charge in [0.25, 0.3) is 0 Å². The number of rotatable bonds is 4. The van der Waals surface area contributed by atoms with Gasteiger partial charge in [-0.25, -0.2) is 9.18 Å². The highest BCUT2D eigenvalue weighted by atomic mass is 19.1. The molecule has 1 aromatic heterocycles. The average Bonchev–Trinajstić information content (AvgIpc) is 2.61. The van der Waals surface area contributed by atoms with Crippen LogP contribution in [-0.4, -0.2) is 27.8 Å². The molecule has 5 nitrogen and oxygen atoms in total. The normalized spacial score (nSPS) is 11.9. The Labute approximate surface area is 137 Å². The van der Waals surface area contributed by atoms with Crippen LogP contribution in [0.15, 0.2) is 54.9 Å². The Bertz CT molecular complexity index is 910. The van der Waals surface area contributed by atoms with Crippen LogP contribution in [0, 0.1) is 5.82 Å². The fraction of sp³-hybridized carbons (Fsp3) is 0.111. The summed E-state index contributed by atoms with van der Waals surface area (Å²) in [6.45, 7) is 1.48. The molecule has 2 aromatic carbocycles. The molecule has 0 amide bonds. The smallest absolute Gasteiger partial charge is 0.338 e.